The molecule has 7 nitrogen and oxygen atoms in total. The van der Waals surface area contributed by atoms with Gasteiger partial charge in [0.05, 0.1) is 52.9 Å². The maximum absolute atomic E-state index is 12.9. The molecule has 45 heavy (non-hydrogen) atoms. The molecular weight excluding hydrogens is 568 g/mol. The first-order valence-corrected chi connectivity index (χ1v) is 15.5. The van der Waals surface area contributed by atoms with Gasteiger partial charge in [-0.1, -0.05) is 66.7 Å². The minimum absolute atomic E-state index is 0.0465. The largest absolute Gasteiger partial charge is 0.497 e. The van der Waals surface area contributed by atoms with Crippen LogP contribution in [0.1, 0.15) is 50.3 Å². The molecule has 3 aromatic rings. The summed E-state index contributed by atoms with van der Waals surface area (Å²) in [6, 6.07) is 25.7. The van der Waals surface area contributed by atoms with E-state index in [1.807, 2.05) is 112 Å². The predicted octanol–water partition coefficient (Wildman–Crippen LogP) is 7.63. The van der Waals surface area contributed by atoms with Crippen molar-refractivity contribution in [3.05, 3.63) is 120 Å². The summed E-state index contributed by atoms with van der Waals surface area (Å²) >= 11 is 0. The van der Waals surface area contributed by atoms with E-state index in [1.54, 1.807) is 20.3 Å². The number of benzene rings is 3. The normalized spacial score (nSPS) is 16.6. The maximum atomic E-state index is 12.9. The van der Waals surface area contributed by atoms with Crippen LogP contribution >= 0.6 is 0 Å². The van der Waals surface area contributed by atoms with Crippen LogP contribution in [-0.4, -0.2) is 44.9 Å². The molecule has 3 aromatic carbocycles. The average molecular weight is 615 g/mol. The molecule has 0 amide bonds. The zero-order valence-corrected chi connectivity index (χ0v) is 27.1. The molecule has 0 N–H and O–H groups in total. The second-order valence-corrected chi connectivity index (χ2v) is 11.8. The van der Waals surface area contributed by atoms with E-state index in [1.165, 1.54) is 0 Å². The van der Waals surface area contributed by atoms with E-state index < -0.39 is 5.41 Å². The molecule has 0 unspecified atom stereocenters. The topological polar surface area (TPSA) is 72.5 Å². The van der Waals surface area contributed by atoms with Gasteiger partial charge < -0.3 is 28.4 Å². The van der Waals surface area contributed by atoms with Crippen LogP contribution in [0.5, 0.6) is 11.5 Å². The summed E-state index contributed by atoms with van der Waals surface area (Å²) in [4.78, 5) is 12.9. The van der Waals surface area contributed by atoms with Gasteiger partial charge in [0.2, 0.25) is 0 Å². The molecule has 0 saturated heterocycles. The number of carbonyl (C=O) groups excluding carboxylic acids is 1. The minimum Gasteiger partial charge on any atom is -0.497 e. The molecule has 1 aliphatic heterocycles. The second-order valence-electron chi connectivity index (χ2n) is 11.8. The molecule has 0 aliphatic carbocycles. The summed E-state index contributed by atoms with van der Waals surface area (Å²) in [5.41, 5.74) is 2.69. The van der Waals surface area contributed by atoms with Crippen LogP contribution in [0.3, 0.4) is 0 Å². The summed E-state index contributed by atoms with van der Waals surface area (Å²) in [5, 5.41) is 0. The van der Waals surface area contributed by atoms with Gasteiger partial charge in [-0.15, -0.1) is 0 Å². The van der Waals surface area contributed by atoms with Gasteiger partial charge >= 0.3 is 0 Å². The molecule has 4 rings (SSSR count). The summed E-state index contributed by atoms with van der Waals surface area (Å²) < 4.78 is 35.5. The van der Waals surface area contributed by atoms with Gasteiger partial charge in [-0.25, -0.2) is 0 Å². The highest BCUT2D eigenvalue weighted by molar-refractivity contribution is 5.91. The van der Waals surface area contributed by atoms with Crippen molar-refractivity contribution in [3.63, 3.8) is 0 Å². The third kappa shape index (κ3) is 10.9. The van der Waals surface area contributed by atoms with E-state index in [-0.39, 0.29) is 24.1 Å². The van der Waals surface area contributed by atoms with Gasteiger partial charge in [-0.3, -0.25) is 4.79 Å². The van der Waals surface area contributed by atoms with E-state index in [4.69, 9.17) is 28.4 Å². The summed E-state index contributed by atoms with van der Waals surface area (Å²) in [6.45, 7) is 7.91. The lowest BCUT2D eigenvalue weighted by atomic mass is 9.87. The van der Waals surface area contributed by atoms with Crippen molar-refractivity contribution in [2.45, 2.75) is 71.7 Å². The lowest BCUT2D eigenvalue weighted by Gasteiger charge is -2.34. The molecular formula is C38H46O7. The second kappa shape index (κ2) is 17.0. The summed E-state index contributed by atoms with van der Waals surface area (Å²) in [5.74, 6) is 2.30. The Balaban J connectivity index is 1.36. The van der Waals surface area contributed by atoms with E-state index >= 15 is 0 Å². The van der Waals surface area contributed by atoms with Crippen LogP contribution in [0, 0.1) is 5.41 Å². The van der Waals surface area contributed by atoms with E-state index in [0.717, 1.165) is 28.2 Å². The lowest BCUT2D eigenvalue weighted by molar-refractivity contribution is -0.123. The van der Waals surface area contributed by atoms with Gasteiger partial charge in [-0.2, -0.15) is 0 Å². The van der Waals surface area contributed by atoms with Gasteiger partial charge in [0.25, 0.3) is 0 Å². The predicted molar refractivity (Wildman–Crippen MR) is 175 cm³/mol. The first kappa shape index (κ1) is 34.0. The number of allylic oxidation sites excluding steroid dienone is 2. The number of rotatable bonds is 17. The molecule has 0 saturated carbocycles. The van der Waals surface area contributed by atoms with Crippen molar-refractivity contribution in [2.75, 3.05) is 20.8 Å². The molecule has 1 heterocycles. The number of hydrogen-bond acceptors (Lipinski definition) is 7. The van der Waals surface area contributed by atoms with Crippen LogP contribution in [0.2, 0.25) is 0 Å². The van der Waals surface area contributed by atoms with Crippen molar-refractivity contribution < 1.29 is 33.2 Å². The number of carbonyl (C=O) groups is 1. The van der Waals surface area contributed by atoms with Crippen LogP contribution < -0.4 is 9.47 Å². The zero-order valence-electron chi connectivity index (χ0n) is 27.1. The molecule has 240 valence electrons. The smallest absolute Gasteiger partial charge is 0.162 e. The fourth-order valence-corrected chi connectivity index (χ4v) is 5.03. The quantitative estimate of drug-likeness (QED) is 0.114. The van der Waals surface area contributed by atoms with E-state index in [2.05, 4.69) is 0 Å². The van der Waals surface area contributed by atoms with Crippen LogP contribution in [0.25, 0.3) is 0 Å². The van der Waals surface area contributed by atoms with Crippen molar-refractivity contribution in [1.29, 1.82) is 0 Å². The highest BCUT2D eigenvalue weighted by atomic mass is 16.5. The molecule has 3 atom stereocenters. The third-order valence-electron chi connectivity index (χ3n) is 7.82. The van der Waals surface area contributed by atoms with Gasteiger partial charge in [0.15, 0.2) is 5.78 Å². The van der Waals surface area contributed by atoms with E-state index in [0.29, 0.717) is 45.0 Å². The minimum atomic E-state index is -0.493. The first-order valence-electron chi connectivity index (χ1n) is 15.5. The first-order chi connectivity index (χ1) is 21.8. The fourth-order valence-electron chi connectivity index (χ4n) is 5.03. The molecule has 0 radical (unpaired) electrons. The van der Waals surface area contributed by atoms with Gasteiger partial charge in [-0.05, 0) is 61.7 Å². The Bertz CT molecular complexity index is 1380. The summed E-state index contributed by atoms with van der Waals surface area (Å²) in [7, 11) is 3.30. The van der Waals surface area contributed by atoms with Crippen molar-refractivity contribution >= 4 is 5.78 Å². The Morgan fingerprint density at radius 1 is 0.822 bits per heavy atom. The highest BCUT2D eigenvalue weighted by Gasteiger charge is 2.33. The molecule has 7 heteroatoms. The Morgan fingerprint density at radius 3 is 2.02 bits per heavy atom. The van der Waals surface area contributed by atoms with E-state index in [9.17, 15) is 4.79 Å². The number of ether oxygens (including phenoxy) is 6. The molecule has 0 spiro atoms. The van der Waals surface area contributed by atoms with Crippen molar-refractivity contribution in [2.24, 2.45) is 5.41 Å². The molecule has 0 bridgehead atoms. The third-order valence-corrected chi connectivity index (χ3v) is 7.82. The Kier molecular flexibility index (Phi) is 12.8. The number of methoxy groups -OCH3 is 2. The van der Waals surface area contributed by atoms with Crippen molar-refractivity contribution in [1.82, 2.24) is 0 Å². The zero-order chi connectivity index (χ0) is 32.1. The molecule has 0 fully saturated rings. The maximum Gasteiger partial charge on any atom is 0.162 e. The Labute approximate surface area is 267 Å². The average Bonchev–Trinajstić information content (AvgIpc) is 3.06. The number of hydrogen-bond donors (Lipinski definition) is 0. The number of ketones is 1. The van der Waals surface area contributed by atoms with Crippen LogP contribution in [0.4, 0.5) is 0 Å². The standard InChI is InChI=1S/C38H46O7/c1-28(43-26-29-10-7-6-8-11-29)36(44-27-31-14-18-34(41-5)19-15-31)24-35-22-32(39)23-37(45-35)38(2,3)20-9-21-42-25-30-12-16-33(40-4)17-13-30/h6-20,23,28,35-36H,21-22,24-27H2,1-5H3/b20-9+/t28-,35+,36-/m1/s1. The summed E-state index contributed by atoms with van der Waals surface area (Å²) in [6.07, 6.45) is 5.59. The van der Waals surface area contributed by atoms with Gasteiger partial charge in [0.1, 0.15) is 23.4 Å². The Morgan fingerprint density at radius 2 is 1.40 bits per heavy atom. The van der Waals surface area contributed by atoms with Crippen LogP contribution in [0.15, 0.2) is 103 Å². The van der Waals surface area contributed by atoms with Gasteiger partial charge in [0, 0.05) is 24.3 Å². The highest BCUT2D eigenvalue weighted by Crippen LogP contribution is 2.35. The molecule has 0 aromatic heterocycles. The monoisotopic (exact) mass is 614 g/mol. The van der Waals surface area contributed by atoms with Crippen molar-refractivity contribution in [3.8, 4) is 11.5 Å². The SMILES string of the molecule is COc1ccc(COC/C=C/C(C)(C)C2=CC(=O)C[C@@H](C[C@@H](OCc3ccc(OC)cc3)[C@@H](C)OCc3ccccc3)O2)cc1. The Hall–Kier alpha value is -3.91. The molecule has 1 aliphatic rings. The van der Waals surface area contributed by atoms with Crippen LogP contribution in [-0.2, 0) is 43.6 Å². The lowest BCUT2D eigenvalue weighted by Crippen LogP contribution is -2.36. The fraction of sp³-hybridized carbons (Fsp3) is 0.395.